The molecule has 162 valence electrons. The monoisotopic (exact) mass is 440 g/mol. The zero-order chi connectivity index (χ0) is 22.6. The Bertz CT molecular complexity index is 1370. The number of hydrogen-bond donors (Lipinski definition) is 1. The molecule has 33 heavy (non-hydrogen) atoms. The highest BCUT2D eigenvalue weighted by molar-refractivity contribution is 5.66. The molecule has 6 nitrogen and oxygen atoms in total. The summed E-state index contributed by atoms with van der Waals surface area (Å²) in [5, 5.41) is 11.8. The molecule has 0 atom stereocenters. The van der Waals surface area contributed by atoms with Gasteiger partial charge >= 0.3 is 0 Å². The zero-order valence-electron chi connectivity index (χ0n) is 17.4. The molecule has 0 aliphatic carbocycles. The Morgan fingerprint density at radius 1 is 0.848 bits per heavy atom. The summed E-state index contributed by atoms with van der Waals surface area (Å²) in [4.78, 5) is 8.58. The molecule has 2 aromatic carbocycles. The topological polar surface area (TPSA) is 68.5 Å². The van der Waals surface area contributed by atoms with Crippen LogP contribution in [0, 0.1) is 11.6 Å². The number of anilines is 1. The Hall–Kier alpha value is -4.46. The first kappa shape index (κ1) is 20.4. The van der Waals surface area contributed by atoms with Crippen LogP contribution in [0.5, 0.6) is 0 Å². The van der Waals surface area contributed by atoms with E-state index in [0.29, 0.717) is 34.9 Å². The van der Waals surface area contributed by atoms with Crippen LogP contribution < -0.4 is 5.32 Å². The lowest BCUT2D eigenvalue weighted by molar-refractivity contribution is 0.628. The minimum atomic E-state index is -0.375. The second-order valence-corrected chi connectivity index (χ2v) is 7.28. The summed E-state index contributed by atoms with van der Waals surface area (Å²) in [6.07, 6.45) is 5.02. The molecule has 0 radical (unpaired) electrons. The lowest BCUT2D eigenvalue weighted by Gasteiger charge is -2.11. The fourth-order valence-corrected chi connectivity index (χ4v) is 3.49. The molecular weight excluding hydrogens is 422 g/mol. The third-order valence-corrected chi connectivity index (χ3v) is 5.12. The van der Waals surface area contributed by atoms with Crippen LogP contribution in [0.25, 0.3) is 28.2 Å². The van der Waals surface area contributed by atoms with Gasteiger partial charge in [0.15, 0.2) is 0 Å². The molecule has 0 saturated carbocycles. The molecule has 0 aliphatic rings. The fourth-order valence-electron chi connectivity index (χ4n) is 3.49. The van der Waals surface area contributed by atoms with Crippen LogP contribution in [0.15, 0.2) is 91.4 Å². The van der Waals surface area contributed by atoms with E-state index in [-0.39, 0.29) is 11.6 Å². The number of nitrogens with one attached hydrogen (secondary N) is 1. The summed E-state index contributed by atoms with van der Waals surface area (Å²) in [5.41, 5.74) is 4.40. The van der Waals surface area contributed by atoms with Crippen molar-refractivity contribution in [3.63, 3.8) is 0 Å². The van der Waals surface area contributed by atoms with Crippen molar-refractivity contribution >= 4 is 5.69 Å². The normalized spacial score (nSPS) is 10.8. The molecular formula is C25H18F2N6. The van der Waals surface area contributed by atoms with Gasteiger partial charge in [0.1, 0.15) is 23.0 Å². The van der Waals surface area contributed by atoms with Crippen LogP contribution in [-0.4, -0.2) is 25.0 Å². The van der Waals surface area contributed by atoms with Gasteiger partial charge < -0.3 is 5.32 Å². The molecule has 1 N–H and O–H groups in total. The van der Waals surface area contributed by atoms with Crippen molar-refractivity contribution < 1.29 is 8.78 Å². The summed E-state index contributed by atoms with van der Waals surface area (Å²) in [5.74, 6) is -0.681. The maximum atomic E-state index is 14.8. The van der Waals surface area contributed by atoms with E-state index in [1.165, 1.54) is 18.2 Å². The molecule has 3 heterocycles. The van der Waals surface area contributed by atoms with E-state index in [1.807, 2.05) is 24.3 Å². The molecule has 0 aliphatic heterocycles. The van der Waals surface area contributed by atoms with Gasteiger partial charge in [-0.25, -0.2) is 13.5 Å². The van der Waals surface area contributed by atoms with Crippen molar-refractivity contribution in [1.82, 2.24) is 25.0 Å². The first-order valence-electron chi connectivity index (χ1n) is 10.2. The van der Waals surface area contributed by atoms with E-state index < -0.39 is 0 Å². The quantitative estimate of drug-likeness (QED) is 0.389. The standard InChI is InChI=1S/C25H18F2N6/c26-18-9-7-17(8-10-18)23-12-11-20(15-30-23)33-25(21-5-1-2-6-22(21)27)24(31-32-33)16-29-19-4-3-13-28-14-19/h1-15,29H,16H2. The maximum absolute atomic E-state index is 14.8. The number of rotatable bonds is 6. The second-order valence-electron chi connectivity index (χ2n) is 7.28. The third kappa shape index (κ3) is 4.31. The molecule has 0 unspecified atom stereocenters. The maximum Gasteiger partial charge on any atom is 0.132 e. The van der Waals surface area contributed by atoms with Crippen molar-refractivity contribution in [2.24, 2.45) is 0 Å². The summed E-state index contributed by atoms with van der Waals surface area (Å²) in [6, 6.07) is 20.0. The average molecular weight is 440 g/mol. The summed E-state index contributed by atoms with van der Waals surface area (Å²) in [6.45, 7) is 0.330. The van der Waals surface area contributed by atoms with E-state index in [0.717, 1.165) is 11.3 Å². The molecule has 5 aromatic rings. The predicted octanol–water partition coefficient (Wildman–Crippen LogP) is 5.28. The smallest absolute Gasteiger partial charge is 0.132 e. The highest BCUT2D eigenvalue weighted by Crippen LogP contribution is 2.28. The molecule has 0 saturated heterocycles. The Morgan fingerprint density at radius 3 is 2.42 bits per heavy atom. The van der Waals surface area contributed by atoms with Crippen molar-refractivity contribution in [1.29, 1.82) is 0 Å². The highest BCUT2D eigenvalue weighted by atomic mass is 19.1. The largest absolute Gasteiger partial charge is 0.378 e. The average Bonchev–Trinajstić information content (AvgIpc) is 3.28. The SMILES string of the molecule is Fc1ccc(-c2ccc(-n3nnc(CNc4cccnc4)c3-c3ccccc3F)cn2)cc1. The number of halogens is 2. The minimum absolute atomic E-state index is 0.306. The lowest BCUT2D eigenvalue weighted by atomic mass is 10.1. The number of pyridine rings is 2. The number of hydrogen-bond acceptors (Lipinski definition) is 5. The van der Waals surface area contributed by atoms with Crippen LogP contribution >= 0.6 is 0 Å². The van der Waals surface area contributed by atoms with E-state index in [2.05, 4.69) is 25.6 Å². The van der Waals surface area contributed by atoms with Gasteiger partial charge in [0, 0.05) is 23.5 Å². The van der Waals surface area contributed by atoms with Gasteiger partial charge in [0.05, 0.1) is 29.8 Å². The Kier molecular flexibility index (Phi) is 5.55. The van der Waals surface area contributed by atoms with Crippen LogP contribution in [0.3, 0.4) is 0 Å². The molecule has 3 aromatic heterocycles. The molecule has 0 bridgehead atoms. The lowest BCUT2D eigenvalue weighted by Crippen LogP contribution is -2.05. The van der Waals surface area contributed by atoms with Crippen LogP contribution in [0.2, 0.25) is 0 Å². The third-order valence-electron chi connectivity index (χ3n) is 5.12. The predicted molar refractivity (Wildman–Crippen MR) is 122 cm³/mol. The summed E-state index contributed by atoms with van der Waals surface area (Å²) in [7, 11) is 0. The van der Waals surface area contributed by atoms with Crippen molar-refractivity contribution in [3.05, 3.63) is 109 Å². The van der Waals surface area contributed by atoms with Gasteiger partial charge in [-0.2, -0.15) is 0 Å². The molecule has 0 spiro atoms. The summed E-state index contributed by atoms with van der Waals surface area (Å²) >= 11 is 0. The van der Waals surface area contributed by atoms with E-state index in [1.54, 1.807) is 53.6 Å². The summed E-state index contributed by atoms with van der Waals surface area (Å²) < 4.78 is 29.6. The van der Waals surface area contributed by atoms with Crippen LogP contribution in [0.1, 0.15) is 5.69 Å². The molecule has 8 heteroatoms. The molecule has 5 rings (SSSR count). The van der Waals surface area contributed by atoms with Gasteiger partial charge in [-0.1, -0.05) is 17.3 Å². The Labute approximate surface area is 188 Å². The fraction of sp³-hybridized carbons (Fsp3) is 0.0400. The zero-order valence-corrected chi connectivity index (χ0v) is 17.4. The van der Waals surface area contributed by atoms with Crippen molar-refractivity contribution in [3.8, 4) is 28.2 Å². The molecule has 0 fully saturated rings. The van der Waals surface area contributed by atoms with E-state index in [9.17, 15) is 8.78 Å². The first-order chi connectivity index (χ1) is 16.2. The van der Waals surface area contributed by atoms with E-state index in [4.69, 9.17) is 0 Å². The van der Waals surface area contributed by atoms with Crippen molar-refractivity contribution in [2.45, 2.75) is 6.54 Å². The molecule has 0 amide bonds. The Morgan fingerprint density at radius 2 is 1.70 bits per heavy atom. The van der Waals surface area contributed by atoms with E-state index >= 15 is 0 Å². The van der Waals surface area contributed by atoms with Gasteiger partial charge in [0.2, 0.25) is 0 Å². The van der Waals surface area contributed by atoms with Gasteiger partial charge in [-0.05, 0) is 60.7 Å². The second kappa shape index (κ2) is 8.96. The van der Waals surface area contributed by atoms with Gasteiger partial charge in [-0.3, -0.25) is 9.97 Å². The number of nitrogens with zero attached hydrogens (tertiary/aromatic N) is 5. The number of benzene rings is 2. The Balaban J connectivity index is 1.52. The van der Waals surface area contributed by atoms with Crippen LogP contribution in [-0.2, 0) is 6.54 Å². The first-order valence-corrected chi connectivity index (χ1v) is 10.2. The van der Waals surface area contributed by atoms with Crippen LogP contribution in [0.4, 0.5) is 14.5 Å². The van der Waals surface area contributed by atoms with Gasteiger partial charge in [0.25, 0.3) is 0 Å². The minimum Gasteiger partial charge on any atom is -0.378 e. The number of aromatic nitrogens is 5. The van der Waals surface area contributed by atoms with Crippen molar-refractivity contribution in [2.75, 3.05) is 5.32 Å². The highest BCUT2D eigenvalue weighted by Gasteiger charge is 2.19. The van der Waals surface area contributed by atoms with Gasteiger partial charge in [-0.15, -0.1) is 5.10 Å².